The van der Waals surface area contributed by atoms with Crippen molar-refractivity contribution in [2.75, 3.05) is 68.9 Å². The summed E-state index contributed by atoms with van der Waals surface area (Å²) in [4.78, 5) is 91.8. The van der Waals surface area contributed by atoms with E-state index in [4.69, 9.17) is 41.4 Å². The highest BCUT2D eigenvalue weighted by atomic mass is 32.3. The van der Waals surface area contributed by atoms with Crippen molar-refractivity contribution in [3.8, 4) is 17.2 Å². The first-order chi connectivity index (χ1) is 40.2. The van der Waals surface area contributed by atoms with Crippen LogP contribution in [0.5, 0.6) is 17.2 Å². The van der Waals surface area contributed by atoms with E-state index in [0.717, 1.165) is 0 Å². The first kappa shape index (κ1) is 60.7. The van der Waals surface area contributed by atoms with Gasteiger partial charge in [-0.05, 0) is 101 Å². The number of ether oxygens (including phenoxy) is 3. The number of hydrogen-bond donors (Lipinski definition) is 7. The van der Waals surface area contributed by atoms with Gasteiger partial charge in [-0.2, -0.15) is 18.6 Å². The van der Waals surface area contributed by atoms with Crippen LogP contribution in [-0.4, -0.2) is 150 Å². The minimum atomic E-state index is -4.91. The molecule has 0 spiro atoms. The number of allylic oxidation sites excluding steroid dienone is 2. The molecule has 0 radical (unpaired) electrons. The second kappa shape index (κ2) is 26.7. The number of methoxy groups -OCH3 is 1. The fourth-order valence-electron chi connectivity index (χ4n) is 9.47. The van der Waals surface area contributed by atoms with Crippen LogP contribution in [0.1, 0.15) is 91.8 Å². The summed E-state index contributed by atoms with van der Waals surface area (Å²) in [5.41, 5.74) is 21.0. The number of nitrogens with two attached hydrogens (primary N) is 3. The summed E-state index contributed by atoms with van der Waals surface area (Å²) in [5.74, 6) is -2.43. The summed E-state index contributed by atoms with van der Waals surface area (Å²) in [6.45, 7) is 10.8. The van der Waals surface area contributed by atoms with Crippen molar-refractivity contribution in [2.45, 2.75) is 79.7 Å². The number of hydrogen-bond acceptors (Lipinski definition) is 18. The molecule has 1 aliphatic heterocycles. The molecular formula is C54H66N16O13S. The molecule has 4 aromatic heterocycles. The van der Waals surface area contributed by atoms with E-state index in [1.165, 1.54) is 49.6 Å². The van der Waals surface area contributed by atoms with E-state index < -0.39 is 46.0 Å². The molecule has 84 heavy (non-hydrogen) atoms. The minimum absolute atomic E-state index is 0.0500. The molecule has 1 saturated heterocycles. The fourth-order valence-corrected chi connectivity index (χ4v) is 9.85. The first-order valence-corrected chi connectivity index (χ1v) is 28.2. The van der Waals surface area contributed by atoms with E-state index >= 15 is 0 Å². The second-order valence-corrected chi connectivity index (χ2v) is 20.5. The number of fused-ring (bicyclic) bond motifs is 2. The van der Waals surface area contributed by atoms with Gasteiger partial charge in [-0.3, -0.25) is 53.4 Å². The van der Waals surface area contributed by atoms with Crippen LogP contribution in [0, 0.1) is 13.8 Å². The predicted molar refractivity (Wildman–Crippen MR) is 307 cm³/mol. The maximum absolute atomic E-state index is 14.0. The Morgan fingerprint density at radius 2 is 1.26 bits per heavy atom. The number of carbonyl (C=O) groups excluding carboxylic acids is 6. The van der Waals surface area contributed by atoms with Crippen molar-refractivity contribution >= 4 is 85.7 Å². The normalized spacial score (nSPS) is 12.9. The van der Waals surface area contributed by atoms with E-state index in [0.29, 0.717) is 109 Å². The van der Waals surface area contributed by atoms with Crippen LogP contribution < -0.4 is 46.8 Å². The highest BCUT2D eigenvalue weighted by Crippen LogP contribution is 2.34. The zero-order valence-electron chi connectivity index (χ0n) is 46.9. The second-order valence-electron chi connectivity index (χ2n) is 19.4. The molecule has 7 aromatic rings. The van der Waals surface area contributed by atoms with Gasteiger partial charge in [-0.25, -0.2) is 14.8 Å². The lowest BCUT2D eigenvalue weighted by molar-refractivity contribution is -0.116. The number of imidazole rings is 2. The maximum atomic E-state index is 14.0. The zero-order valence-corrected chi connectivity index (χ0v) is 47.7. The van der Waals surface area contributed by atoms with Gasteiger partial charge >= 0.3 is 16.5 Å². The van der Waals surface area contributed by atoms with Gasteiger partial charge < -0.3 is 54.9 Å². The average molecular weight is 1180 g/mol. The Kier molecular flexibility index (Phi) is 19.3. The van der Waals surface area contributed by atoms with Gasteiger partial charge in [-0.15, -0.1) is 0 Å². The number of anilines is 3. The number of benzene rings is 3. The van der Waals surface area contributed by atoms with Crippen LogP contribution in [-0.2, 0) is 52.7 Å². The number of carbonyl (C=O) groups is 6. The number of piperazine rings is 1. The molecule has 0 aliphatic carbocycles. The number of primary amides is 2. The topological polar surface area (TPSA) is 386 Å². The van der Waals surface area contributed by atoms with Crippen LogP contribution in [0.2, 0.25) is 0 Å². The third-order valence-electron chi connectivity index (χ3n) is 13.5. The highest BCUT2D eigenvalue weighted by Gasteiger charge is 2.26. The quantitative estimate of drug-likeness (QED) is 0.0229. The molecule has 30 heteroatoms. The molecule has 0 bridgehead atoms. The van der Waals surface area contributed by atoms with E-state index in [-0.39, 0.29) is 85.2 Å². The third kappa shape index (κ3) is 14.6. The van der Waals surface area contributed by atoms with Gasteiger partial charge in [0.25, 0.3) is 11.8 Å². The largest absolute Gasteiger partial charge is 0.494 e. The van der Waals surface area contributed by atoms with Crippen LogP contribution in [0.3, 0.4) is 0 Å². The Balaban J connectivity index is 0.987. The first-order valence-electron chi connectivity index (χ1n) is 26.8. The van der Waals surface area contributed by atoms with Gasteiger partial charge in [0.15, 0.2) is 5.75 Å². The lowest BCUT2D eigenvalue weighted by Crippen LogP contribution is -2.49. The Morgan fingerprint density at radius 1 is 0.714 bits per heavy atom. The third-order valence-corrected chi connectivity index (χ3v) is 13.8. The molecule has 29 nitrogen and oxygen atoms in total. The molecule has 1 aliphatic rings. The Morgan fingerprint density at radius 3 is 1.77 bits per heavy atom. The molecule has 6 amide bonds. The summed E-state index contributed by atoms with van der Waals surface area (Å²) in [6, 6.07) is 13.4. The number of amides is 6. The molecule has 10 N–H and O–H groups in total. The monoisotopic (exact) mass is 1180 g/mol. The molecule has 0 atom stereocenters. The minimum Gasteiger partial charge on any atom is -0.494 e. The lowest BCUT2D eigenvalue weighted by Gasteiger charge is -2.34. The summed E-state index contributed by atoms with van der Waals surface area (Å²) in [5, 5.41) is 17.2. The average Bonchev–Trinajstić information content (AvgIpc) is 4.44. The summed E-state index contributed by atoms with van der Waals surface area (Å²) in [6.07, 6.45) is 3.96. The van der Waals surface area contributed by atoms with E-state index in [1.54, 1.807) is 55.5 Å². The summed E-state index contributed by atoms with van der Waals surface area (Å²) >= 11 is 0. The van der Waals surface area contributed by atoms with Crippen molar-refractivity contribution in [3.63, 3.8) is 0 Å². The van der Waals surface area contributed by atoms with Crippen LogP contribution in [0.25, 0.3) is 22.1 Å². The van der Waals surface area contributed by atoms with Crippen molar-refractivity contribution in [2.24, 2.45) is 17.2 Å². The molecule has 3 aromatic carbocycles. The molecule has 1 fully saturated rings. The van der Waals surface area contributed by atoms with E-state index in [9.17, 15) is 41.7 Å². The van der Waals surface area contributed by atoms with Crippen molar-refractivity contribution in [3.05, 3.63) is 106 Å². The Hall–Kier alpha value is -9.39. The molecule has 446 valence electrons. The number of nitrogens with zero attached hydrogens (tertiary/aromatic N) is 10. The molecule has 5 heterocycles. The van der Waals surface area contributed by atoms with Gasteiger partial charge in [0.1, 0.15) is 40.5 Å². The number of nitrogens with one attached hydrogen (secondary N) is 3. The van der Waals surface area contributed by atoms with Gasteiger partial charge in [0, 0.05) is 76.5 Å². The molecule has 0 unspecified atom stereocenters. The van der Waals surface area contributed by atoms with E-state index in [1.807, 2.05) is 19.9 Å². The van der Waals surface area contributed by atoms with E-state index in [2.05, 4.69) is 35.2 Å². The molecule has 0 saturated carbocycles. The number of rotatable bonds is 26. The Bertz CT molecular complexity index is 3780. The van der Waals surface area contributed by atoms with Crippen LogP contribution >= 0.6 is 0 Å². The predicted octanol–water partition coefficient (Wildman–Crippen LogP) is 3.99. The number of aromatic nitrogens is 8. The van der Waals surface area contributed by atoms with Crippen LogP contribution in [0.4, 0.5) is 22.4 Å². The molecular weight excluding hydrogens is 1110 g/mol. The summed E-state index contributed by atoms with van der Waals surface area (Å²) in [7, 11) is -3.48. The maximum Gasteiger partial charge on any atom is 0.446 e. The highest BCUT2D eigenvalue weighted by molar-refractivity contribution is 7.81. The fraction of sp³-hybridized carbons (Fsp3) is 0.370. The molecule has 8 rings (SSSR count). The van der Waals surface area contributed by atoms with Crippen molar-refractivity contribution in [1.29, 1.82) is 0 Å². The summed E-state index contributed by atoms with van der Waals surface area (Å²) < 4.78 is 61.1. The van der Waals surface area contributed by atoms with Gasteiger partial charge in [-0.1, -0.05) is 18.2 Å². The van der Waals surface area contributed by atoms with Crippen molar-refractivity contribution < 1.29 is 60.1 Å². The van der Waals surface area contributed by atoms with Crippen LogP contribution in [0.15, 0.2) is 66.7 Å². The standard InChI is InChI=1S/C54H66N16O13S/c1-6-69-40(24-32(3)63-69)50(74)61-52-59-38-27-35(48(56)72)29-43(80-5)46(38)67(52)17-8-9-18-68-47-39(60-53(68)62-51(75)41-25-33(4)64-70(41)7-2)28-36(49(57)73)30-44(47)81-23-11-16-65-19-21-66(22-20-65)54(76)82-31-34-13-14-42(83-84(77,78)79)37(26-34)58-45(71)12-10-15-55/h8-9,13-14,24-30H,6-7,10-12,15-23,31,55H2,1-5H3,(H2,56,72)(H2,57,73)(H,58,71)(H,59,61,74)(H,60,62,75)(H,77,78,79)/b9-8+. The van der Waals surface area contributed by atoms with Gasteiger partial charge in [0.2, 0.25) is 29.6 Å². The smallest absolute Gasteiger partial charge is 0.446 e. The Labute approximate surface area is 481 Å². The van der Waals surface area contributed by atoms with Crippen molar-refractivity contribution in [1.82, 2.24) is 48.5 Å². The zero-order chi connectivity index (χ0) is 60.4. The SMILES string of the molecule is CCn1nc(C)cc1C(=O)Nc1nc2cc(C(N)=O)cc(OC)c2n1C/C=C/Cn1c(NC(=O)c2cc(C)nn2CC)nc2cc(C(N)=O)cc(OCCCN3CCN(C(=O)OCc4ccc(OS(=O)(=O)O)c(NC(=O)CCCN)c4)CC3)c21. The lowest BCUT2D eigenvalue weighted by atomic mass is 10.1. The number of aryl methyl sites for hydroxylation is 4. The van der Waals surface area contributed by atoms with Gasteiger partial charge in [0.05, 0.1) is 41.8 Å².